The number of carbonyl (C=O) groups excluding carboxylic acids is 2. The Balaban J connectivity index is 1.25. The molecule has 5 rings (SSSR count). The number of carbonyl (C=O) groups is 2. The SMILES string of the molecule is O=C1c2ccccc2C(=O)N1Cc1ccc(CSc2ccc3ccccc3c2)cc1. The molecule has 0 aliphatic carbocycles. The van der Waals surface area contributed by atoms with Gasteiger partial charge in [0.1, 0.15) is 0 Å². The lowest BCUT2D eigenvalue weighted by molar-refractivity contribution is 0.0642. The van der Waals surface area contributed by atoms with Gasteiger partial charge in [-0.05, 0) is 46.2 Å². The highest BCUT2D eigenvalue weighted by Crippen LogP contribution is 2.27. The Morgan fingerprint density at radius 1 is 0.633 bits per heavy atom. The minimum Gasteiger partial charge on any atom is -0.270 e. The van der Waals surface area contributed by atoms with Crippen molar-refractivity contribution < 1.29 is 9.59 Å². The molecule has 0 spiro atoms. The Morgan fingerprint density at radius 3 is 1.93 bits per heavy atom. The van der Waals surface area contributed by atoms with Gasteiger partial charge in [0.05, 0.1) is 17.7 Å². The molecule has 146 valence electrons. The second-order valence-electron chi connectivity index (χ2n) is 7.36. The van der Waals surface area contributed by atoms with Gasteiger partial charge in [0.25, 0.3) is 11.8 Å². The van der Waals surface area contributed by atoms with Crippen LogP contribution in [0.2, 0.25) is 0 Å². The topological polar surface area (TPSA) is 37.4 Å². The standard InChI is InChI=1S/C26H19NO2S/c28-25-23-7-3-4-8-24(23)26(29)27(25)16-18-9-11-19(12-10-18)17-30-22-14-13-20-5-1-2-6-21(20)15-22/h1-15H,16-17H2. The second-order valence-corrected chi connectivity index (χ2v) is 8.40. The van der Waals surface area contributed by atoms with Gasteiger partial charge in [-0.3, -0.25) is 14.5 Å². The number of rotatable bonds is 5. The Kier molecular flexibility index (Phi) is 4.85. The van der Waals surface area contributed by atoms with E-state index >= 15 is 0 Å². The number of amides is 2. The summed E-state index contributed by atoms with van der Waals surface area (Å²) >= 11 is 1.80. The van der Waals surface area contributed by atoms with E-state index in [4.69, 9.17) is 0 Å². The molecule has 0 aromatic heterocycles. The molecule has 0 N–H and O–H groups in total. The Bertz CT molecular complexity index is 1230. The van der Waals surface area contributed by atoms with Crippen molar-refractivity contribution in [3.05, 3.63) is 113 Å². The lowest BCUT2D eigenvalue weighted by atomic mass is 10.1. The average molecular weight is 410 g/mol. The zero-order valence-electron chi connectivity index (χ0n) is 16.2. The van der Waals surface area contributed by atoms with Gasteiger partial charge in [-0.25, -0.2) is 0 Å². The zero-order valence-corrected chi connectivity index (χ0v) is 17.1. The normalized spacial score (nSPS) is 13.1. The van der Waals surface area contributed by atoms with Crippen LogP contribution in [0.15, 0.2) is 95.9 Å². The third-order valence-corrected chi connectivity index (χ3v) is 6.43. The Hall–Kier alpha value is -3.37. The molecule has 4 heteroatoms. The summed E-state index contributed by atoms with van der Waals surface area (Å²) in [5.74, 6) is 0.434. The highest BCUT2D eigenvalue weighted by Gasteiger charge is 2.34. The molecular weight excluding hydrogens is 390 g/mol. The van der Waals surface area contributed by atoms with Gasteiger partial charge >= 0.3 is 0 Å². The molecule has 0 atom stereocenters. The van der Waals surface area contributed by atoms with E-state index < -0.39 is 0 Å². The first kappa shape index (κ1) is 18.6. The van der Waals surface area contributed by atoms with Crippen molar-refractivity contribution in [3.63, 3.8) is 0 Å². The Morgan fingerprint density at radius 2 is 1.23 bits per heavy atom. The predicted octanol–water partition coefficient (Wildman–Crippen LogP) is 5.93. The zero-order chi connectivity index (χ0) is 20.5. The summed E-state index contributed by atoms with van der Waals surface area (Å²) in [4.78, 5) is 27.6. The third kappa shape index (κ3) is 3.51. The number of thioether (sulfide) groups is 1. The van der Waals surface area contributed by atoms with Crippen molar-refractivity contribution in [3.8, 4) is 0 Å². The maximum absolute atomic E-state index is 12.5. The molecule has 1 aliphatic heterocycles. The molecule has 0 bridgehead atoms. The van der Waals surface area contributed by atoms with Crippen molar-refractivity contribution in [1.29, 1.82) is 0 Å². The second kappa shape index (κ2) is 7.81. The quantitative estimate of drug-likeness (QED) is 0.303. The van der Waals surface area contributed by atoms with E-state index in [1.54, 1.807) is 36.0 Å². The summed E-state index contributed by atoms with van der Waals surface area (Å²) in [6.07, 6.45) is 0. The first-order valence-electron chi connectivity index (χ1n) is 9.84. The third-order valence-electron chi connectivity index (χ3n) is 5.37. The van der Waals surface area contributed by atoms with Gasteiger partial charge < -0.3 is 0 Å². The molecular formula is C26H19NO2S. The van der Waals surface area contributed by atoms with Crippen molar-refractivity contribution in [2.45, 2.75) is 17.2 Å². The molecule has 2 amide bonds. The van der Waals surface area contributed by atoms with Crippen molar-refractivity contribution in [2.24, 2.45) is 0 Å². The van der Waals surface area contributed by atoms with Crippen LogP contribution in [-0.4, -0.2) is 16.7 Å². The van der Waals surface area contributed by atoms with Crippen LogP contribution in [0.4, 0.5) is 0 Å². The molecule has 0 saturated carbocycles. The van der Waals surface area contributed by atoms with Crippen LogP contribution in [0.25, 0.3) is 10.8 Å². The number of nitrogens with zero attached hydrogens (tertiary/aromatic N) is 1. The van der Waals surface area contributed by atoms with Crippen LogP contribution < -0.4 is 0 Å². The van der Waals surface area contributed by atoms with Gasteiger partial charge in [-0.1, -0.05) is 66.7 Å². The molecule has 1 heterocycles. The summed E-state index contributed by atoms with van der Waals surface area (Å²) in [6.45, 7) is 0.296. The number of hydrogen-bond donors (Lipinski definition) is 0. The van der Waals surface area contributed by atoms with E-state index in [1.807, 2.05) is 12.1 Å². The van der Waals surface area contributed by atoms with Gasteiger partial charge in [0.15, 0.2) is 0 Å². The van der Waals surface area contributed by atoms with E-state index in [2.05, 4.69) is 54.6 Å². The summed E-state index contributed by atoms with van der Waals surface area (Å²) in [6, 6.07) is 30.0. The van der Waals surface area contributed by atoms with Crippen LogP contribution in [0.5, 0.6) is 0 Å². The molecule has 3 nitrogen and oxygen atoms in total. The highest BCUT2D eigenvalue weighted by molar-refractivity contribution is 7.98. The van der Waals surface area contributed by atoms with E-state index in [-0.39, 0.29) is 11.8 Å². The fourth-order valence-electron chi connectivity index (χ4n) is 3.73. The molecule has 0 radical (unpaired) electrons. The summed E-state index contributed by atoms with van der Waals surface area (Å²) in [5, 5.41) is 2.50. The van der Waals surface area contributed by atoms with E-state index in [9.17, 15) is 9.59 Å². The van der Waals surface area contributed by atoms with Crippen LogP contribution in [-0.2, 0) is 12.3 Å². The maximum Gasteiger partial charge on any atom is 0.261 e. The van der Waals surface area contributed by atoms with Crippen LogP contribution >= 0.6 is 11.8 Å². The van der Waals surface area contributed by atoms with Crippen molar-refractivity contribution in [1.82, 2.24) is 4.90 Å². The summed E-state index contributed by atoms with van der Waals surface area (Å²) in [7, 11) is 0. The minimum atomic E-state index is -0.216. The van der Waals surface area contributed by atoms with Gasteiger partial charge in [0, 0.05) is 10.6 Å². The fraction of sp³-hybridized carbons (Fsp3) is 0.0769. The van der Waals surface area contributed by atoms with E-state index in [1.165, 1.54) is 26.1 Å². The van der Waals surface area contributed by atoms with Gasteiger partial charge in [-0.2, -0.15) is 0 Å². The largest absolute Gasteiger partial charge is 0.270 e. The van der Waals surface area contributed by atoms with Crippen LogP contribution in [0, 0.1) is 0 Å². The predicted molar refractivity (Wildman–Crippen MR) is 121 cm³/mol. The average Bonchev–Trinajstić information content (AvgIpc) is 3.03. The van der Waals surface area contributed by atoms with Crippen molar-refractivity contribution >= 4 is 34.3 Å². The Labute approximate surface area is 179 Å². The van der Waals surface area contributed by atoms with Gasteiger partial charge in [-0.15, -0.1) is 11.8 Å². The lowest BCUT2D eigenvalue weighted by Gasteiger charge is -2.14. The molecule has 0 saturated heterocycles. The molecule has 0 fully saturated rings. The molecule has 4 aromatic rings. The number of fused-ring (bicyclic) bond motifs is 2. The number of imide groups is 1. The van der Waals surface area contributed by atoms with Crippen molar-refractivity contribution in [2.75, 3.05) is 0 Å². The van der Waals surface area contributed by atoms with E-state index in [0.717, 1.165) is 11.3 Å². The minimum absolute atomic E-state index is 0.216. The van der Waals surface area contributed by atoms with E-state index in [0.29, 0.717) is 17.7 Å². The van der Waals surface area contributed by atoms with Crippen LogP contribution in [0.3, 0.4) is 0 Å². The first-order chi connectivity index (χ1) is 14.7. The summed E-state index contributed by atoms with van der Waals surface area (Å²) < 4.78 is 0. The number of benzene rings is 4. The maximum atomic E-state index is 12.5. The molecule has 1 aliphatic rings. The molecule has 0 unspecified atom stereocenters. The monoisotopic (exact) mass is 409 g/mol. The summed E-state index contributed by atoms with van der Waals surface area (Å²) in [5.41, 5.74) is 3.14. The molecule has 30 heavy (non-hydrogen) atoms. The first-order valence-corrected chi connectivity index (χ1v) is 10.8. The lowest BCUT2D eigenvalue weighted by Crippen LogP contribution is -2.29. The fourth-order valence-corrected chi connectivity index (χ4v) is 4.63. The van der Waals surface area contributed by atoms with Gasteiger partial charge in [0.2, 0.25) is 0 Å². The highest BCUT2D eigenvalue weighted by atomic mass is 32.2. The number of hydrogen-bond acceptors (Lipinski definition) is 3. The molecule has 4 aromatic carbocycles. The van der Waals surface area contributed by atoms with Crippen LogP contribution in [0.1, 0.15) is 31.8 Å². The smallest absolute Gasteiger partial charge is 0.261 e.